The quantitative estimate of drug-likeness (QED) is 0.914. The van der Waals surface area contributed by atoms with Gasteiger partial charge < -0.3 is 10.5 Å². The maximum atomic E-state index is 13.3. The zero-order valence-electron chi connectivity index (χ0n) is 10.6. The van der Waals surface area contributed by atoms with Gasteiger partial charge in [-0.05, 0) is 5.56 Å². The molecule has 1 fully saturated rings. The fourth-order valence-electron chi connectivity index (χ4n) is 2.07. The Morgan fingerprint density at radius 1 is 1.35 bits per heavy atom. The number of hydrogen-bond donors (Lipinski definition) is 1. The number of nitrogens with two attached hydrogens (primary N) is 1. The summed E-state index contributed by atoms with van der Waals surface area (Å²) in [5.74, 6) is -4.08. The van der Waals surface area contributed by atoms with Gasteiger partial charge in [-0.1, -0.05) is 30.3 Å². The second-order valence-electron chi connectivity index (χ2n) is 4.65. The van der Waals surface area contributed by atoms with Crippen LogP contribution in [0.25, 0.3) is 0 Å². The van der Waals surface area contributed by atoms with Crippen LogP contribution in [0.15, 0.2) is 30.3 Å². The van der Waals surface area contributed by atoms with Gasteiger partial charge in [0, 0.05) is 6.42 Å². The molecule has 7 heteroatoms. The van der Waals surface area contributed by atoms with Gasteiger partial charge in [0.05, 0.1) is 6.54 Å². The number of amides is 2. The van der Waals surface area contributed by atoms with Gasteiger partial charge in [0.25, 0.3) is 5.92 Å². The van der Waals surface area contributed by atoms with Gasteiger partial charge in [0.1, 0.15) is 12.6 Å². The molecule has 0 spiro atoms. The van der Waals surface area contributed by atoms with Gasteiger partial charge in [-0.25, -0.2) is 13.6 Å². The molecule has 2 amide bonds. The molecule has 0 bridgehead atoms. The first kappa shape index (κ1) is 14.2. The summed E-state index contributed by atoms with van der Waals surface area (Å²) < 4.78 is 31.5. The van der Waals surface area contributed by atoms with E-state index in [1.165, 1.54) is 0 Å². The van der Waals surface area contributed by atoms with Crippen molar-refractivity contribution in [3.63, 3.8) is 0 Å². The number of primary amides is 1. The molecular weight excluding hydrogens is 270 g/mol. The molecule has 0 saturated carbocycles. The maximum Gasteiger partial charge on any atom is 0.410 e. The molecular formula is C13H14F2N2O3. The number of alkyl halides is 2. The van der Waals surface area contributed by atoms with E-state index in [0.717, 1.165) is 5.56 Å². The van der Waals surface area contributed by atoms with E-state index >= 15 is 0 Å². The molecule has 1 heterocycles. The van der Waals surface area contributed by atoms with Gasteiger partial charge in [-0.15, -0.1) is 0 Å². The van der Waals surface area contributed by atoms with Gasteiger partial charge in [-0.2, -0.15) is 0 Å². The third-order valence-electron chi connectivity index (χ3n) is 3.04. The van der Waals surface area contributed by atoms with E-state index in [4.69, 9.17) is 10.5 Å². The first-order valence-corrected chi connectivity index (χ1v) is 6.03. The molecule has 0 unspecified atom stereocenters. The Hall–Kier alpha value is -2.18. The summed E-state index contributed by atoms with van der Waals surface area (Å²) in [6.45, 7) is -0.901. The molecule has 20 heavy (non-hydrogen) atoms. The lowest BCUT2D eigenvalue weighted by molar-refractivity contribution is -0.122. The molecule has 5 nitrogen and oxygen atoms in total. The molecule has 1 aromatic carbocycles. The molecule has 108 valence electrons. The summed E-state index contributed by atoms with van der Waals surface area (Å²) in [4.78, 5) is 23.6. The average Bonchev–Trinajstić information content (AvgIpc) is 2.74. The second-order valence-corrected chi connectivity index (χ2v) is 4.65. The number of carbonyl (C=O) groups excluding carboxylic acids is 2. The topological polar surface area (TPSA) is 72.6 Å². The summed E-state index contributed by atoms with van der Waals surface area (Å²) in [6, 6.07) is 7.47. The van der Waals surface area contributed by atoms with Crippen LogP contribution in [0.1, 0.15) is 12.0 Å². The van der Waals surface area contributed by atoms with Crippen LogP contribution in [0.2, 0.25) is 0 Å². The first-order chi connectivity index (χ1) is 9.39. The maximum absolute atomic E-state index is 13.3. The van der Waals surface area contributed by atoms with Gasteiger partial charge in [0.15, 0.2) is 0 Å². The average molecular weight is 284 g/mol. The van der Waals surface area contributed by atoms with Crippen LogP contribution in [-0.2, 0) is 16.1 Å². The number of ether oxygens (including phenoxy) is 1. The van der Waals surface area contributed by atoms with Crippen molar-refractivity contribution in [3.8, 4) is 0 Å². The SMILES string of the molecule is NC(=O)[C@@H]1CC(F)(F)CN1C(=O)OCc1ccccc1. The molecule has 1 saturated heterocycles. The monoisotopic (exact) mass is 284 g/mol. The summed E-state index contributed by atoms with van der Waals surface area (Å²) >= 11 is 0. The Labute approximate surface area is 114 Å². The highest BCUT2D eigenvalue weighted by molar-refractivity contribution is 5.85. The Kier molecular flexibility index (Phi) is 3.87. The van der Waals surface area contributed by atoms with E-state index in [9.17, 15) is 18.4 Å². The predicted molar refractivity (Wildman–Crippen MR) is 65.9 cm³/mol. The van der Waals surface area contributed by atoms with Crippen LogP contribution >= 0.6 is 0 Å². The zero-order chi connectivity index (χ0) is 14.8. The molecule has 0 aliphatic carbocycles. The van der Waals surface area contributed by atoms with Crippen molar-refractivity contribution in [1.29, 1.82) is 0 Å². The minimum atomic E-state index is -3.12. The number of likely N-dealkylation sites (tertiary alicyclic amines) is 1. The standard InChI is InChI=1S/C13H14F2N2O3/c14-13(15)6-10(11(16)18)17(8-13)12(19)20-7-9-4-2-1-3-5-9/h1-5,10H,6-8H2,(H2,16,18)/t10-/m0/s1. The summed E-state index contributed by atoms with van der Waals surface area (Å²) in [6.07, 6.45) is -1.72. The Morgan fingerprint density at radius 2 is 2.00 bits per heavy atom. The fourth-order valence-corrected chi connectivity index (χ4v) is 2.07. The minimum Gasteiger partial charge on any atom is -0.445 e. The van der Waals surface area contributed by atoms with E-state index < -0.39 is 36.9 Å². The van der Waals surface area contributed by atoms with Crippen molar-refractivity contribution in [1.82, 2.24) is 4.90 Å². The summed E-state index contributed by atoms with van der Waals surface area (Å²) in [5, 5.41) is 0. The Bertz CT molecular complexity index is 508. The van der Waals surface area contributed by atoms with Crippen molar-refractivity contribution in [2.24, 2.45) is 5.73 Å². The third-order valence-corrected chi connectivity index (χ3v) is 3.04. The molecule has 2 rings (SSSR count). The van der Waals surface area contributed by atoms with Crippen molar-refractivity contribution in [3.05, 3.63) is 35.9 Å². The number of carbonyl (C=O) groups is 2. The highest BCUT2D eigenvalue weighted by Crippen LogP contribution is 2.32. The van der Waals surface area contributed by atoms with Crippen molar-refractivity contribution < 1.29 is 23.1 Å². The fraction of sp³-hybridized carbons (Fsp3) is 0.385. The number of benzene rings is 1. The van der Waals surface area contributed by atoms with Crippen LogP contribution < -0.4 is 5.73 Å². The molecule has 0 radical (unpaired) electrons. The van der Waals surface area contributed by atoms with Crippen molar-refractivity contribution in [2.75, 3.05) is 6.54 Å². The van der Waals surface area contributed by atoms with E-state index in [2.05, 4.69) is 0 Å². The highest BCUT2D eigenvalue weighted by Gasteiger charge is 2.50. The Balaban J connectivity index is 1.99. The normalized spacial score (nSPS) is 20.7. The van der Waals surface area contributed by atoms with Crippen LogP contribution in [-0.4, -0.2) is 35.4 Å². The number of halogens is 2. The number of hydrogen-bond acceptors (Lipinski definition) is 3. The summed E-state index contributed by atoms with van der Waals surface area (Å²) in [5.41, 5.74) is 5.76. The largest absolute Gasteiger partial charge is 0.445 e. The number of nitrogens with zero attached hydrogens (tertiary/aromatic N) is 1. The van der Waals surface area contributed by atoms with Crippen LogP contribution in [0.5, 0.6) is 0 Å². The van der Waals surface area contributed by atoms with Crippen LogP contribution in [0.3, 0.4) is 0 Å². The Morgan fingerprint density at radius 3 is 2.60 bits per heavy atom. The minimum absolute atomic E-state index is 0.0484. The zero-order valence-corrected chi connectivity index (χ0v) is 10.6. The van der Waals surface area contributed by atoms with Gasteiger partial charge >= 0.3 is 6.09 Å². The lowest BCUT2D eigenvalue weighted by Gasteiger charge is -2.20. The van der Waals surface area contributed by atoms with Crippen molar-refractivity contribution >= 4 is 12.0 Å². The molecule has 1 atom stereocenters. The molecule has 0 aromatic heterocycles. The second kappa shape index (κ2) is 5.44. The predicted octanol–water partition coefficient (Wildman–Crippen LogP) is 1.52. The summed E-state index contributed by atoms with van der Waals surface area (Å²) in [7, 11) is 0. The van der Waals surface area contributed by atoms with E-state index in [0.29, 0.717) is 4.90 Å². The number of rotatable bonds is 3. The molecule has 2 N–H and O–H groups in total. The van der Waals surface area contributed by atoms with Crippen LogP contribution in [0.4, 0.5) is 13.6 Å². The lowest BCUT2D eigenvalue weighted by Crippen LogP contribution is -2.44. The van der Waals surface area contributed by atoms with E-state index in [1.54, 1.807) is 30.3 Å². The third kappa shape index (κ3) is 3.23. The van der Waals surface area contributed by atoms with E-state index in [1.807, 2.05) is 0 Å². The molecule has 1 aliphatic rings. The lowest BCUT2D eigenvalue weighted by atomic mass is 10.2. The molecule has 1 aromatic rings. The smallest absolute Gasteiger partial charge is 0.410 e. The van der Waals surface area contributed by atoms with Crippen molar-refractivity contribution in [2.45, 2.75) is 25.0 Å². The van der Waals surface area contributed by atoms with Gasteiger partial charge in [0.2, 0.25) is 5.91 Å². The van der Waals surface area contributed by atoms with Crippen LogP contribution in [0, 0.1) is 0 Å². The highest BCUT2D eigenvalue weighted by atomic mass is 19.3. The molecule has 1 aliphatic heterocycles. The van der Waals surface area contributed by atoms with Gasteiger partial charge in [-0.3, -0.25) is 9.69 Å². The van der Waals surface area contributed by atoms with E-state index in [-0.39, 0.29) is 6.61 Å². The first-order valence-electron chi connectivity index (χ1n) is 6.03.